The van der Waals surface area contributed by atoms with E-state index in [1.165, 1.54) is 0 Å². The fourth-order valence-corrected chi connectivity index (χ4v) is 8.85. The first-order valence-electron chi connectivity index (χ1n) is 13.9. The predicted octanol–water partition coefficient (Wildman–Crippen LogP) is 3.79. The SMILES string of the molecule is CCNCCCC[Si](OCC)(OCC)OCC.CCO[Si](CCCNCCCN)(OCC)OCC. The second kappa shape index (κ2) is 27.1. The summed E-state index contributed by atoms with van der Waals surface area (Å²) in [5.74, 6) is 0. The van der Waals surface area contributed by atoms with E-state index in [-0.39, 0.29) is 0 Å². The first-order chi connectivity index (χ1) is 17.0. The van der Waals surface area contributed by atoms with Crippen molar-refractivity contribution in [1.29, 1.82) is 0 Å². The molecule has 0 aromatic carbocycles. The van der Waals surface area contributed by atoms with Crippen LogP contribution >= 0.6 is 0 Å². The molecule has 0 rings (SSSR count). The van der Waals surface area contributed by atoms with Gasteiger partial charge in [0.1, 0.15) is 0 Å². The van der Waals surface area contributed by atoms with Crippen molar-refractivity contribution in [2.75, 3.05) is 72.4 Å². The van der Waals surface area contributed by atoms with Gasteiger partial charge in [0.2, 0.25) is 0 Å². The highest BCUT2D eigenvalue weighted by molar-refractivity contribution is 6.61. The van der Waals surface area contributed by atoms with Crippen molar-refractivity contribution in [3.8, 4) is 0 Å². The molecule has 11 heteroatoms. The minimum absolute atomic E-state index is 0.646. The molecule has 9 nitrogen and oxygen atoms in total. The molecule has 0 spiro atoms. The molecule has 4 N–H and O–H groups in total. The van der Waals surface area contributed by atoms with Gasteiger partial charge in [-0.3, -0.25) is 0 Å². The Hall–Kier alpha value is 0.0738. The van der Waals surface area contributed by atoms with Crippen molar-refractivity contribution >= 4 is 17.6 Å². The summed E-state index contributed by atoms with van der Waals surface area (Å²) in [5.41, 5.74) is 5.44. The zero-order chi connectivity index (χ0) is 26.7. The fourth-order valence-electron chi connectivity index (χ4n) is 3.55. The predicted molar refractivity (Wildman–Crippen MR) is 150 cm³/mol. The van der Waals surface area contributed by atoms with Crippen LogP contribution < -0.4 is 16.4 Å². The lowest BCUT2D eigenvalue weighted by molar-refractivity contribution is 0.0699. The third kappa shape index (κ3) is 20.8. The number of rotatable bonds is 25. The first kappa shape index (κ1) is 37.2. The van der Waals surface area contributed by atoms with Gasteiger partial charge in [-0.1, -0.05) is 6.92 Å². The quantitative estimate of drug-likeness (QED) is 0.118. The minimum atomic E-state index is -2.43. The molecule has 0 aliphatic heterocycles. The van der Waals surface area contributed by atoms with Gasteiger partial charge in [0.25, 0.3) is 0 Å². The Labute approximate surface area is 219 Å². The summed E-state index contributed by atoms with van der Waals surface area (Å²) in [6, 6.07) is 1.80. The maximum atomic E-state index is 5.79. The van der Waals surface area contributed by atoms with Crippen molar-refractivity contribution in [1.82, 2.24) is 10.6 Å². The lowest BCUT2D eigenvalue weighted by Crippen LogP contribution is -2.46. The molecule has 0 amide bonds. The molecule has 0 heterocycles. The Balaban J connectivity index is 0. The number of unbranched alkanes of at least 4 members (excludes halogenated alkanes) is 1. The average Bonchev–Trinajstić information content (AvgIpc) is 2.83. The van der Waals surface area contributed by atoms with Gasteiger partial charge >= 0.3 is 17.6 Å². The lowest BCUT2D eigenvalue weighted by Gasteiger charge is -2.28. The maximum absolute atomic E-state index is 5.79. The molecule has 0 fully saturated rings. The smallest absolute Gasteiger partial charge is 0.374 e. The van der Waals surface area contributed by atoms with E-state index in [0.29, 0.717) is 39.6 Å². The highest BCUT2D eigenvalue weighted by Gasteiger charge is 2.40. The van der Waals surface area contributed by atoms with Crippen LogP contribution in [0.2, 0.25) is 12.1 Å². The summed E-state index contributed by atoms with van der Waals surface area (Å²) in [6.07, 6.45) is 4.27. The van der Waals surface area contributed by atoms with Crippen molar-refractivity contribution in [2.45, 2.75) is 86.2 Å². The summed E-state index contributed by atoms with van der Waals surface area (Å²) in [5, 5.41) is 6.68. The topological polar surface area (TPSA) is 105 Å². The van der Waals surface area contributed by atoms with Crippen molar-refractivity contribution in [3.05, 3.63) is 0 Å². The molecule has 0 atom stereocenters. The minimum Gasteiger partial charge on any atom is -0.374 e. The van der Waals surface area contributed by atoms with Crippen LogP contribution in [0.3, 0.4) is 0 Å². The third-order valence-electron chi connectivity index (χ3n) is 4.92. The van der Waals surface area contributed by atoms with Gasteiger partial charge in [0.05, 0.1) is 0 Å². The van der Waals surface area contributed by atoms with E-state index in [0.717, 1.165) is 70.5 Å². The van der Waals surface area contributed by atoms with Gasteiger partial charge < -0.3 is 42.9 Å². The molecular formula is C24H59N3O6Si2. The monoisotopic (exact) mass is 541 g/mol. The molecule has 214 valence electrons. The summed E-state index contributed by atoms with van der Waals surface area (Å²) in [7, 11) is -4.81. The highest BCUT2D eigenvalue weighted by atomic mass is 28.4. The maximum Gasteiger partial charge on any atom is 0.500 e. The Morgan fingerprint density at radius 2 is 0.857 bits per heavy atom. The first-order valence-corrected chi connectivity index (χ1v) is 17.8. The molecule has 0 radical (unpaired) electrons. The second-order valence-corrected chi connectivity index (χ2v) is 13.2. The number of hydrogen-bond donors (Lipinski definition) is 3. The number of nitrogens with one attached hydrogen (secondary N) is 2. The van der Waals surface area contributed by atoms with Crippen molar-refractivity contribution in [2.24, 2.45) is 5.73 Å². The van der Waals surface area contributed by atoms with Crippen LogP contribution in [0.4, 0.5) is 0 Å². The summed E-state index contributed by atoms with van der Waals surface area (Å²) < 4.78 is 34.7. The van der Waals surface area contributed by atoms with Gasteiger partial charge in [0.15, 0.2) is 0 Å². The lowest BCUT2D eigenvalue weighted by atomic mass is 10.3. The zero-order valence-electron chi connectivity index (χ0n) is 24.0. The van der Waals surface area contributed by atoms with E-state index in [9.17, 15) is 0 Å². The van der Waals surface area contributed by atoms with Crippen LogP contribution in [0.5, 0.6) is 0 Å². The Bertz CT molecular complexity index is 395. The molecule has 0 aliphatic rings. The Morgan fingerprint density at radius 1 is 0.486 bits per heavy atom. The molecule has 0 aromatic heterocycles. The molecule has 35 heavy (non-hydrogen) atoms. The van der Waals surface area contributed by atoms with E-state index < -0.39 is 17.6 Å². The van der Waals surface area contributed by atoms with Gasteiger partial charge in [-0.2, -0.15) is 0 Å². The van der Waals surface area contributed by atoms with Crippen LogP contribution in [0.25, 0.3) is 0 Å². The van der Waals surface area contributed by atoms with E-state index in [2.05, 4.69) is 17.6 Å². The van der Waals surface area contributed by atoms with E-state index >= 15 is 0 Å². The van der Waals surface area contributed by atoms with Gasteiger partial charge in [0, 0.05) is 51.7 Å². The molecule has 0 bridgehead atoms. The standard InChI is InChI=1S/C12H30N2O3Si.C12H29NO3Si/c1-4-15-18(16-5-2,17-6-3)12-8-11-14-10-7-9-13;1-5-13-11-9-10-12-17(14-6-2,15-7-3)16-8-4/h14H,4-13H2,1-3H3;13H,5-12H2,1-4H3. The van der Waals surface area contributed by atoms with Gasteiger partial charge in [-0.05, 0) is 99.9 Å². The van der Waals surface area contributed by atoms with Gasteiger partial charge in [-0.15, -0.1) is 0 Å². The summed E-state index contributed by atoms with van der Waals surface area (Å²) >= 11 is 0. The van der Waals surface area contributed by atoms with Crippen molar-refractivity contribution in [3.63, 3.8) is 0 Å². The normalized spacial score (nSPS) is 12.0. The van der Waals surface area contributed by atoms with Crippen molar-refractivity contribution < 1.29 is 26.6 Å². The summed E-state index contributed by atoms with van der Waals surface area (Å²) in [4.78, 5) is 0. The fraction of sp³-hybridized carbons (Fsp3) is 1.00. The van der Waals surface area contributed by atoms with E-state index in [1.54, 1.807) is 0 Å². The Kier molecular flexibility index (Phi) is 28.8. The molecule has 0 saturated heterocycles. The number of nitrogens with two attached hydrogens (primary N) is 1. The molecule has 0 unspecified atom stereocenters. The largest absolute Gasteiger partial charge is 0.500 e. The number of hydrogen-bond acceptors (Lipinski definition) is 9. The molecular weight excluding hydrogens is 482 g/mol. The van der Waals surface area contributed by atoms with Crippen LogP contribution in [-0.2, 0) is 26.6 Å². The van der Waals surface area contributed by atoms with Crippen LogP contribution in [0.1, 0.15) is 74.1 Å². The van der Waals surface area contributed by atoms with E-state index in [4.69, 9.17) is 32.3 Å². The van der Waals surface area contributed by atoms with E-state index in [1.807, 2.05) is 41.5 Å². The molecule has 0 saturated carbocycles. The van der Waals surface area contributed by atoms with Gasteiger partial charge in [-0.25, -0.2) is 0 Å². The average molecular weight is 542 g/mol. The summed E-state index contributed by atoms with van der Waals surface area (Å²) in [6.45, 7) is 22.8. The van der Waals surface area contributed by atoms with Crippen LogP contribution in [-0.4, -0.2) is 90.0 Å². The van der Waals surface area contributed by atoms with Crippen LogP contribution in [0, 0.1) is 0 Å². The highest BCUT2D eigenvalue weighted by Crippen LogP contribution is 2.19. The third-order valence-corrected chi connectivity index (χ3v) is 11.2. The Morgan fingerprint density at radius 3 is 1.23 bits per heavy atom. The van der Waals surface area contributed by atoms with Crippen LogP contribution in [0.15, 0.2) is 0 Å². The molecule has 0 aromatic rings. The zero-order valence-corrected chi connectivity index (χ0v) is 26.0. The molecule has 0 aliphatic carbocycles. The second-order valence-electron chi connectivity index (χ2n) is 7.77.